The van der Waals surface area contributed by atoms with Crippen LogP contribution in [0.2, 0.25) is 0 Å². The smallest absolute Gasteiger partial charge is 0.308 e. The number of H-pyrrole nitrogens is 1. The third-order valence-corrected chi connectivity index (χ3v) is 5.88. The van der Waals surface area contributed by atoms with Crippen LogP contribution in [-0.2, 0) is 5.41 Å². The molecule has 31 heavy (non-hydrogen) atoms. The van der Waals surface area contributed by atoms with E-state index in [1.54, 1.807) is 0 Å². The third-order valence-electron chi connectivity index (χ3n) is 5.88. The Morgan fingerprint density at radius 1 is 1.00 bits per heavy atom. The first-order valence-corrected chi connectivity index (χ1v) is 11.1. The van der Waals surface area contributed by atoms with Crippen LogP contribution in [0.4, 0.5) is 16.2 Å². The topological polar surface area (TPSA) is 69.8 Å². The summed E-state index contributed by atoms with van der Waals surface area (Å²) in [6, 6.07) is 16.2. The molecule has 5 heteroatoms. The lowest BCUT2D eigenvalue weighted by Crippen LogP contribution is -2.20. The van der Waals surface area contributed by atoms with Crippen LogP contribution in [0.5, 0.6) is 0 Å². The van der Waals surface area contributed by atoms with Crippen LogP contribution in [0.25, 0.3) is 11.3 Å². The minimum Gasteiger partial charge on any atom is -0.308 e. The molecular weight excluding hydrogens is 384 g/mol. The van der Waals surface area contributed by atoms with Crippen molar-refractivity contribution in [2.75, 3.05) is 10.6 Å². The Balaban J connectivity index is 1.56. The van der Waals surface area contributed by atoms with Gasteiger partial charge in [0.15, 0.2) is 0 Å². The fourth-order valence-electron chi connectivity index (χ4n) is 3.71. The van der Waals surface area contributed by atoms with E-state index in [0.29, 0.717) is 11.8 Å². The lowest BCUT2D eigenvalue weighted by atomic mass is 9.86. The number of benzene rings is 2. The molecule has 4 rings (SSSR count). The molecule has 1 heterocycles. The maximum absolute atomic E-state index is 12.8. The van der Waals surface area contributed by atoms with Gasteiger partial charge >= 0.3 is 6.03 Å². The highest BCUT2D eigenvalue weighted by Gasteiger charge is 2.31. The van der Waals surface area contributed by atoms with Gasteiger partial charge < -0.3 is 10.6 Å². The minimum atomic E-state index is -0.256. The maximum atomic E-state index is 12.8. The van der Waals surface area contributed by atoms with Crippen molar-refractivity contribution in [3.63, 3.8) is 0 Å². The predicted octanol–water partition coefficient (Wildman–Crippen LogP) is 7.02. The van der Waals surface area contributed by atoms with Gasteiger partial charge in [0.2, 0.25) is 0 Å². The number of hydrogen-bond donors (Lipinski definition) is 3. The average molecular weight is 417 g/mol. The van der Waals surface area contributed by atoms with E-state index >= 15 is 0 Å². The van der Waals surface area contributed by atoms with Crippen LogP contribution in [0.15, 0.2) is 48.5 Å². The monoisotopic (exact) mass is 416 g/mol. The molecule has 0 aliphatic heterocycles. The number of carbonyl (C=O) groups excluding carboxylic acids is 1. The summed E-state index contributed by atoms with van der Waals surface area (Å²) in [5, 5.41) is 13.8. The number of aromatic nitrogens is 2. The zero-order valence-corrected chi connectivity index (χ0v) is 19.0. The Labute approximate surface area is 184 Å². The molecule has 162 valence electrons. The average Bonchev–Trinajstić information content (AvgIpc) is 3.48. The standard InChI is InChI=1S/C26H32N4O/c1-16(2)17-10-14-21(15-11-17)27-25(31)28-24-22(18-6-7-18)29-30-23(24)19-8-12-20(13-9-19)26(3,4)5/h8-16,18H,6-7H2,1-5H3,(H,29,30)(H2,27,28,31). The highest BCUT2D eigenvalue weighted by atomic mass is 16.2. The van der Waals surface area contributed by atoms with Crippen LogP contribution in [0, 0.1) is 0 Å². The van der Waals surface area contributed by atoms with E-state index in [2.05, 4.69) is 91.8 Å². The van der Waals surface area contributed by atoms with Gasteiger partial charge in [-0.15, -0.1) is 0 Å². The van der Waals surface area contributed by atoms with Gasteiger partial charge in [0.25, 0.3) is 0 Å². The number of rotatable bonds is 5. The lowest BCUT2D eigenvalue weighted by molar-refractivity contribution is 0.262. The molecule has 0 atom stereocenters. The normalized spacial score (nSPS) is 14.0. The van der Waals surface area contributed by atoms with E-state index in [1.165, 1.54) is 11.1 Å². The van der Waals surface area contributed by atoms with Crippen molar-refractivity contribution in [2.45, 2.75) is 64.7 Å². The SMILES string of the molecule is CC(C)c1ccc(NC(=O)Nc2c(-c3ccc(C(C)(C)C)cc3)n[nH]c2C2CC2)cc1. The lowest BCUT2D eigenvalue weighted by Gasteiger charge is -2.19. The van der Waals surface area contributed by atoms with Crippen molar-refractivity contribution in [2.24, 2.45) is 0 Å². The van der Waals surface area contributed by atoms with E-state index in [4.69, 9.17) is 0 Å². The highest BCUT2D eigenvalue weighted by Crippen LogP contribution is 2.45. The summed E-state index contributed by atoms with van der Waals surface area (Å²) >= 11 is 0. The molecule has 0 saturated heterocycles. The van der Waals surface area contributed by atoms with Gasteiger partial charge in [-0.1, -0.05) is 71.0 Å². The largest absolute Gasteiger partial charge is 0.323 e. The molecule has 1 aromatic heterocycles. The van der Waals surface area contributed by atoms with Crippen LogP contribution >= 0.6 is 0 Å². The van der Waals surface area contributed by atoms with Crippen LogP contribution in [-0.4, -0.2) is 16.2 Å². The van der Waals surface area contributed by atoms with Crippen molar-refractivity contribution in [1.29, 1.82) is 0 Å². The number of nitrogens with one attached hydrogen (secondary N) is 3. The molecule has 0 unspecified atom stereocenters. The second-order valence-electron chi connectivity index (χ2n) is 9.82. The summed E-state index contributed by atoms with van der Waals surface area (Å²) in [6.07, 6.45) is 2.25. The summed E-state index contributed by atoms with van der Waals surface area (Å²) < 4.78 is 0. The minimum absolute atomic E-state index is 0.0926. The summed E-state index contributed by atoms with van der Waals surface area (Å²) in [6.45, 7) is 10.9. The first kappa shape index (κ1) is 21.2. The van der Waals surface area contributed by atoms with E-state index in [-0.39, 0.29) is 11.4 Å². The molecule has 0 spiro atoms. The van der Waals surface area contributed by atoms with Gasteiger partial charge in [-0.3, -0.25) is 5.10 Å². The van der Waals surface area contributed by atoms with Gasteiger partial charge in [-0.05, 0) is 47.4 Å². The van der Waals surface area contributed by atoms with Gasteiger partial charge in [0.05, 0.1) is 11.4 Å². The molecule has 0 radical (unpaired) electrons. The summed E-state index contributed by atoms with van der Waals surface area (Å²) in [5.74, 6) is 0.901. The molecular formula is C26H32N4O. The second kappa shape index (κ2) is 8.22. The Hall–Kier alpha value is -3.08. The van der Waals surface area contributed by atoms with Crippen LogP contribution in [0.3, 0.4) is 0 Å². The van der Waals surface area contributed by atoms with Crippen molar-refractivity contribution in [1.82, 2.24) is 10.2 Å². The fourth-order valence-corrected chi connectivity index (χ4v) is 3.71. The number of urea groups is 1. The van der Waals surface area contributed by atoms with Crippen molar-refractivity contribution in [3.8, 4) is 11.3 Å². The molecule has 0 bridgehead atoms. The maximum Gasteiger partial charge on any atom is 0.323 e. The molecule has 5 nitrogen and oxygen atoms in total. The number of carbonyl (C=O) groups is 1. The van der Waals surface area contributed by atoms with E-state index in [9.17, 15) is 4.79 Å². The Morgan fingerprint density at radius 2 is 1.65 bits per heavy atom. The van der Waals surface area contributed by atoms with Crippen molar-refractivity contribution >= 4 is 17.4 Å². The predicted molar refractivity (Wildman–Crippen MR) is 128 cm³/mol. The summed E-state index contributed by atoms with van der Waals surface area (Å²) in [4.78, 5) is 12.8. The van der Waals surface area contributed by atoms with Crippen LogP contribution in [0.1, 0.15) is 76.1 Å². The number of amides is 2. The zero-order valence-electron chi connectivity index (χ0n) is 19.0. The van der Waals surface area contributed by atoms with Crippen LogP contribution < -0.4 is 10.6 Å². The Bertz CT molecular complexity index is 1050. The number of aromatic amines is 1. The quantitative estimate of drug-likeness (QED) is 0.418. The summed E-state index contributed by atoms with van der Waals surface area (Å²) in [5.41, 5.74) is 6.96. The van der Waals surface area contributed by atoms with Crippen molar-refractivity contribution in [3.05, 3.63) is 65.4 Å². The number of nitrogens with zero attached hydrogens (tertiary/aromatic N) is 1. The molecule has 1 fully saturated rings. The Morgan fingerprint density at radius 3 is 2.19 bits per heavy atom. The van der Waals surface area contributed by atoms with E-state index < -0.39 is 0 Å². The number of hydrogen-bond acceptors (Lipinski definition) is 2. The van der Waals surface area contributed by atoms with Gasteiger partial charge in [0, 0.05) is 17.2 Å². The van der Waals surface area contributed by atoms with E-state index in [0.717, 1.165) is 41.2 Å². The summed E-state index contributed by atoms with van der Waals surface area (Å²) in [7, 11) is 0. The van der Waals surface area contributed by atoms with Crippen molar-refractivity contribution < 1.29 is 4.79 Å². The molecule has 3 N–H and O–H groups in total. The zero-order chi connectivity index (χ0) is 22.2. The molecule has 1 aliphatic carbocycles. The second-order valence-corrected chi connectivity index (χ2v) is 9.82. The van der Waals surface area contributed by atoms with Gasteiger partial charge in [0.1, 0.15) is 5.69 Å². The first-order chi connectivity index (χ1) is 14.7. The van der Waals surface area contributed by atoms with Gasteiger partial charge in [-0.25, -0.2) is 4.79 Å². The fraction of sp³-hybridized carbons (Fsp3) is 0.385. The third kappa shape index (κ3) is 4.82. The molecule has 1 aliphatic rings. The highest BCUT2D eigenvalue weighted by molar-refractivity contribution is 6.02. The molecule has 2 amide bonds. The molecule has 3 aromatic rings. The molecule has 2 aromatic carbocycles. The first-order valence-electron chi connectivity index (χ1n) is 11.1. The van der Waals surface area contributed by atoms with Gasteiger partial charge in [-0.2, -0.15) is 5.10 Å². The number of anilines is 2. The van der Waals surface area contributed by atoms with E-state index in [1.807, 2.05) is 12.1 Å². The molecule has 1 saturated carbocycles. The Kier molecular flexibility index (Phi) is 5.61.